The van der Waals surface area contributed by atoms with E-state index in [1.807, 2.05) is 13.8 Å². The first-order valence-electron chi connectivity index (χ1n) is 7.85. The van der Waals surface area contributed by atoms with E-state index in [1.165, 1.54) is 58.4 Å². The van der Waals surface area contributed by atoms with Crippen LogP contribution in [0.3, 0.4) is 0 Å². The number of hydrogen-bond acceptors (Lipinski definition) is 3. The minimum Gasteiger partial charge on any atom is -0.317 e. The van der Waals surface area contributed by atoms with E-state index in [2.05, 4.69) is 29.2 Å². The smallest absolute Gasteiger partial charge is 0.0113 e. The maximum absolute atomic E-state index is 3.45. The number of likely N-dealkylation sites (tertiary alicyclic amines) is 1. The van der Waals surface area contributed by atoms with Gasteiger partial charge in [0.25, 0.3) is 0 Å². The molecule has 2 aliphatic rings. The van der Waals surface area contributed by atoms with Crippen LogP contribution in [0.25, 0.3) is 0 Å². The molecule has 0 aromatic carbocycles. The van der Waals surface area contributed by atoms with Gasteiger partial charge in [-0.15, -0.1) is 0 Å². The normalized spacial score (nSPS) is 23.8. The Morgan fingerprint density at radius 3 is 2.06 bits per heavy atom. The molecule has 0 atom stereocenters. The highest BCUT2D eigenvalue weighted by molar-refractivity contribution is 4.79. The lowest BCUT2D eigenvalue weighted by atomic mass is 9.95. The lowest BCUT2D eigenvalue weighted by molar-refractivity contribution is 0.123. The quantitative estimate of drug-likeness (QED) is 0.832. The van der Waals surface area contributed by atoms with Crippen LogP contribution in [0, 0.1) is 5.92 Å². The van der Waals surface area contributed by atoms with Crippen LogP contribution in [0.2, 0.25) is 0 Å². The third kappa shape index (κ3) is 5.25. The highest BCUT2D eigenvalue weighted by Gasteiger charge is 2.23. The molecule has 2 fully saturated rings. The standard InChI is InChI=1S/C13H27N3.C2H6/c1-15(2)13-5-9-16(10-6-13)11-12-3-7-14-8-4-12;1-2/h12-14H,3-11H2,1-2H3;1-2H3. The van der Waals surface area contributed by atoms with Crippen LogP contribution in [0.15, 0.2) is 0 Å². The van der Waals surface area contributed by atoms with Crippen molar-refractivity contribution in [1.29, 1.82) is 0 Å². The summed E-state index contributed by atoms with van der Waals surface area (Å²) in [5, 5.41) is 3.45. The van der Waals surface area contributed by atoms with Crippen molar-refractivity contribution in [3.8, 4) is 0 Å². The van der Waals surface area contributed by atoms with E-state index in [0.29, 0.717) is 0 Å². The summed E-state index contributed by atoms with van der Waals surface area (Å²) in [6.07, 6.45) is 5.48. The molecule has 2 saturated heterocycles. The topological polar surface area (TPSA) is 18.5 Å². The molecule has 2 aliphatic heterocycles. The largest absolute Gasteiger partial charge is 0.317 e. The SMILES string of the molecule is CC.CN(C)C1CCN(CC2CCNCC2)CC1. The number of rotatable bonds is 3. The Bertz CT molecular complexity index is 192. The van der Waals surface area contributed by atoms with Crippen LogP contribution in [0.4, 0.5) is 0 Å². The molecule has 2 rings (SSSR count). The van der Waals surface area contributed by atoms with Gasteiger partial charge in [0.05, 0.1) is 0 Å². The summed E-state index contributed by atoms with van der Waals surface area (Å²) in [7, 11) is 4.43. The summed E-state index contributed by atoms with van der Waals surface area (Å²) in [5.41, 5.74) is 0. The molecule has 0 aromatic heterocycles. The first-order valence-corrected chi connectivity index (χ1v) is 7.85. The van der Waals surface area contributed by atoms with E-state index < -0.39 is 0 Å². The van der Waals surface area contributed by atoms with Crippen LogP contribution in [0.1, 0.15) is 39.5 Å². The summed E-state index contributed by atoms with van der Waals surface area (Å²) >= 11 is 0. The van der Waals surface area contributed by atoms with Crippen molar-refractivity contribution in [2.24, 2.45) is 5.92 Å². The van der Waals surface area contributed by atoms with Crippen molar-refractivity contribution >= 4 is 0 Å². The van der Waals surface area contributed by atoms with Gasteiger partial charge in [-0.25, -0.2) is 0 Å². The molecular weight excluding hydrogens is 222 g/mol. The molecule has 1 N–H and O–H groups in total. The molecule has 108 valence electrons. The van der Waals surface area contributed by atoms with Gasteiger partial charge in [0.15, 0.2) is 0 Å². The highest BCUT2D eigenvalue weighted by Crippen LogP contribution is 2.18. The maximum atomic E-state index is 3.45. The number of hydrogen-bond donors (Lipinski definition) is 1. The minimum absolute atomic E-state index is 0.823. The molecule has 0 radical (unpaired) electrons. The molecule has 3 nitrogen and oxygen atoms in total. The minimum atomic E-state index is 0.823. The Labute approximate surface area is 114 Å². The first kappa shape index (κ1) is 15.9. The van der Waals surface area contributed by atoms with Crippen molar-refractivity contribution < 1.29 is 0 Å². The predicted molar refractivity (Wildman–Crippen MR) is 80.1 cm³/mol. The van der Waals surface area contributed by atoms with Gasteiger partial charge in [-0.05, 0) is 71.9 Å². The Morgan fingerprint density at radius 1 is 1.00 bits per heavy atom. The van der Waals surface area contributed by atoms with Crippen molar-refractivity contribution in [2.75, 3.05) is 46.8 Å². The van der Waals surface area contributed by atoms with Gasteiger partial charge >= 0.3 is 0 Å². The molecule has 0 amide bonds. The molecule has 0 saturated carbocycles. The van der Waals surface area contributed by atoms with E-state index in [9.17, 15) is 0 Å². The third-order valence-corrected chi connectivity index (χ3v) is 4.26. The van der Waals surface area contributed by atoms with Crippen LogP contribution in [-0.2, 0) is 0 Å². The van der Waals surface area contributed by atoms with E-state index in [1.54, 1.807) is 0 Å². The van der Waals surface area contributed by atoms with Crippen LogP contribution < -0.4 is 5.32 Å². The fourth-order valence-corrected chi connectivity index (χ4v) is 3.05. The molecule has 0 bridgehead atoms. The summed E-state index contributed by atoms with van der Waals surface area (Å²) in [6, 6.07) is 0.823. The van der Waals surface area contributed by atoms with E-state index in [4.69, 9.17) is 0 Å². The van der Waals surface area contributed by atoms with Crippen molar-refractivity contribution in [3.05, 3.63) is 0 Å². The van der Waals surface area contributed by atoms with Crippen molar-refractivity contribution in [1.82, 2.24) is 15.1 Å². The monoisotopic (exact) mass is 255 g/mol. The van der Waals surface area contributed by atoms with Crippen molar-refractivity contribution in [3.63, 3.8) is 0 Å². The second kappa shape index (κ2) is 8.89. The number of piperidine rings is 2. The zero-order valence-corrected chi connectivity index (χ0v) is 12.9. The summed E-state index contributed by atoms with van der Waals surface area (Å²) in [4.78, 5) is 5.08. The Hall–Kier alpha value is -0.120. The van der Waals surface area contributed by atoms with E-state index in [0.717, 1.165) is 12.0 Å². The Kier molecular flexibility index (Phi) is 7.87. The zero-order valence-electron chi connectivity index (χ0n) is 12.9. The lowest BCUT2D eigenvalue weighted by Crippen LogP contribution is -2.44. The second-order valence-corrected chi connectivity index (χ2v) is 5.69. The van der Waals surface area contributed by atoms with Crippen LogP contribution in [0.5, 0.6) is 0 Å². The summed E-state index contributed by atoms with van der Waals surface area (Å²) in [6.45, 7) is 10.4. The average Bonchev–Trinajstić information content (AvgIpc) is 2.43. The highest BCUT2D eigenvalue weighted by atomic mass is 15.2. The molecule has 0 aliphatic carbocycles. The van der Waals surface area contributed by atoms with Gasteiger partial charge in [-0.1, -0.05) is 13.8 Å². The fraction of sp³-hybridized carbons (Fsp3) is 1.00. The molecule has 0 unspecified atom stereocenters. The van der Waals surface area contributed by atoms with Gasteiger partial charge in [-0.2, -0.15) is 0 Å². The molecule has 0 aromatic rings. The number of nitrogens with one attached hydrogen (secondary N) is 1. The lowest BCUT2D eigenvalue weighted by Gasteiger charge is -2.37. The summed E-state index contributed by atoms with van der Waals surface area (Å²) in [5.74, 6) is 0.956. The predicted octanol–water partition coefficient (Wildman–Crippen LogP) is 2.04. The van der Waals surface area contributed by atoms with Gasteiger partial charge in [0, 0.05) is 12.6 Å². The Morgan fingerprint density at radius 2 is 1.56 bits per heavy atom. The van der Waals surface area contributed by atoms with Gasteiger partial charge in [-0.3, -0.25) is 0 Å². The fourth-order valence-electron chi connectivity index (χ4n) is 3.05. The zero-order chi connectivity index (χ0) is 13.4. The number of nitrogens with zero attached hydrogens (tertiary/aromatic N) is 2. The first-order chi connectivity index (χ1) is 8.75. The van der Waals surface area contributed by atoms with Crippen LogP contribution in [-0.4, -0.2) is 62.7 Å². The molecule has 0 spiro atoms. The summed E-state index contributed by atoms with van der Waals surface area (Å²) < 4.78 is 0. The van der Waals surface area contributed by atoms with E-state index in [-0.39, 0.29) is 0 Å². The van der Waals surface area contributed by atoms with Gasteiger partial charge in [0.2, 0.25) is 0 Å². The molecule has 18 heavy (non-hydrogen) atoms. The average molecular weight is 255 g/mol. The Balaban J connectivity index is 0.000000771. The molecular formula is C15H33N3. The van der Waals surface area contributed by atoms with Crippen molar-refractivity contribution in [2.45, 2.75) is 45.6 Å². The van der Waals surface area contributed by atoms with E-state index >= 15 is 0 Å². The molecule has 2 heterocycles. The van der Waals surface area contributed by atoms with Gasteiger partial charge in [0.1, 0.15) is 0 Å². The maximum Gasteiger partial charge on any atom is 0.0113 e. The molecule has 3 heteroatoms. The third-order valence-electron chi connectivity index (χ3n) is 4.26. The van der Waals surface area contributed by atoms with Gasteiger partial charge < -0.3 is 15.1 Å². The second-order valence-electron chi connectivity index (χ2n) is 5.69. The van der Waals surface area contributed by atoms with Crippen LogP contribution >= 0.6 is 0 Å².